The van der Waals surface area contributed by atoms with E-state index in [1.54, 1.807) is 42.5 Å². The summed E-state index contributed by atoms with van der Waals surface area (Å²) in [7, 11) is 1.46. The van der Waals surface area contributed by atoms with E-state index >= 15 is 0 Å². The van der Waals surface area contributed by atoms with Gasteiger partial charge in [-0.25, -0.2) is 10.2 Å². The smallest absolute Gasteiger partial charge is 0.345 e. The molecule has 0 aliphatic carbocycles. The van der Waals surface area contributed by atoms with Gasteiger partial charge in [0.2, 0.25) is 0 Å². The highest BCUT2D eigenvalue weighted by Gasteiger charge is 2.15. The normalized spacial score (nSPS) is 10.9. The molecule has 0 spiro atoms. The Kier molecular flexibility index (Phi) is 8.86. The summed E-state index contributed by atoms with van der Waals surface area (Å²) in [4.78, 5) is 24.6. The molecule has 0 bridgehead atoms. The molecule has 0 radical (unpaired) electrons. The van der Waals surface area contributed by atoms with E-state index in [9.17, 15) is 9.59 Å². The second-order valence-corrected chi connectivity index (χ2v) is 8.45. The van der Waals surface area contributed by atoms with Crippen LogP contribution in [0.25, 0.3) is 0 Å². The van der Waals surface area contributed by atoms with Crippen molar-refractivity contribution in [2.45, 2.75) is 26.7 Å². The van der Waals surface area contributed by atoms with Crippen LogP contribution in [0, 0.1) is 6.92 Å². The third-order valence-corrected chi connectivity index (χ3v) is 5.45. The fourth-order valence-corrected chi connectivity index (χ4v) is 3.33. The van der Waals surface area contributed by atoms with E-state index < -0.39 is 11.9 Å². The molecule has 35 heavy (non-hydrogen) atoms. The Bertz CT molecular complexity index is 1240. The standard InChI is InChI=1S/C27H27ClN2O5/c1-17(2)20-11-9-18(3)24(14-20)34-16-26(31)30-29-15-19-10-12-23(25(13-19)33-4)35-27(32)21-7-5-6-8-22(21)28/h5-15,17H,16H2,1-4H3,(H,30,31)/b29-15-. The number of hydrogen-bond acceptors (Lipinski definition) is 6. The van der Waals surface area contributed by atoms with Crippen LogP contribution in [0.1, 0.15) is 46.8 Å². The number of amides is 1. The van der Waals surface area contributed by atoms with E-state index in [0.717, 1.165) is 11.1 Å². The molecule has 1 N–H and O–H groups in total. The molecule has 8 heteroatoms. The Labute approximate surface area is 209 Å². The van der Waals surface area contributed by atoms with Crippen molar-refractivity contribution in [3.8, 4) is 17.2 Å². The van der Waals surface area contributed by atoms with Crippen LogP contribution in [0.3, 0.4) is 0 Å². The van der Waals surface area contributed by atoms with Crippen LogP contribution in [0.5, 0.6) is 17.2 Å². The van der Waals surface area contributed by atoms with E-state index in [0.29, 0.717) is 28.0 Å². The number of methoxy groups -OCH3 is 1. The minimum absolute atomic E-state index is 0.167. The Hall–Kier alpha value is -3.84. The predicted molar refractivity (Wildman–Crippen MR) is 136 cm³/mol. The van der Waals surface area contributed by atoms with Crippen LogP contribution in [0.15, 0.2) is 65.8 Å². The largest absolute Gasteiger partial charge is 0.493 e. The molecule has 1 amide bonds. The first-order valence-electron chi connectivity index (χ1n) is 11.0. The predicted octanol–water partition coefficient (Wildman–Crippen LogP) is 5.53. The van der Waals surface area contributed by atoms with Gasteiger partial charge in [0.1, 0.15) is 5.75 Å². The molecule has 0 fully saturated rings. The van der Waals surface area contributed by atoms with Crippen molar-refractivity contribution < 1.29 is 23.8 Å². The number of benzene rings is 3. The molecule has 3 aromatic carbocycles. The molecule has 0 unspecified atom stereocenters. The molecule has 7 nitrogen and oxygen atoms in total. The molecule has 0 aliphatic heterocycles. The highest BCUT2D eigenvalue weighted by molar-refractivity contribution is 6.33. The number of hydrazone groups is 1. The summed E-state index contributed by atoms with van der Waals surface area (Å²) in [5.41, 5.74) is 5.40. The van der Waals surface area contributed by atoms with Crippen LogP contribution < -0.4 is 19.6 Å². The van der Waals surface area contributed by atoms with E-state index in [1.807, 2.05) is 19.1 Å². The van der Waals surface area contributed by atoms with Crippen molar-refractivity contribution in [1.82, 2.24) is 5.43 Å². The van der Waals surface area contributed by atoms with E-state index in [4.69, 9.17) is 25.8 Å². The number of halogens is 1. The number of rotatable bonds is 9. The monoisotopic (exact) mass is 494 g/mol. The van der Waals surface area contributed by atoms with Crippen LogP contribution in [-0.2, 0) is 4.79 Å². The quantitative estimate of drug-likeness (QED) is 0.183. The fraction of sp³-hybridized carbons (Fsp3) is 0.222. The summed E-state index contributed by atoms with van der Waals surface area (Å²) in [5.74, 6) is 0.585. The number of carbonyl (C=O) groups is 2. The SMILES string of the molecule is COc1cc(/C=N\NC(=O)COc2cc(C(C)C)ccc2C)ccc1OC(=O)c1ccccc1Cl. The minimum Gasteiger partial charge on any atom is -0.493 e. The zero-order valence-corrected chi connectivity index (χ0v) is 20.8. The Balaban J connectivity index is 1.58. The van der Waals surface area contributed by atoms with Gasteiger partial charge in [0, 0.05) is 0 Å². The summed E-state index contributed by atoms with van der Waals surface area (Å²) < 4.78 is 16.4. The molecular weight excluding hydrogens is 468 g/mol. The lowest BCUT2D eigenvalue weighted by Gasteiger charge is -2.12. The molecule has 182 valence electrons. The van der Waals surface area contributed by atoms with Gasteiger partial charge in [0.15, 0.2) is 18.1 Å². The van der Waals surface area contributed by atoms with Crippen molar-refractivity contribution in [3.05, 3.63) is 87.9 Å². The van der Waals surface area contributed by atoms with Crippen LogP contribution in [0.2, 0.25) is 5.02 Å². The van der Waals surface area contributed by atoms with Crippen molar-refractivity contribution in [1.29, 1.82) is 0 Å². The van der Waals surface area contributed by atoms with Gasteiger partial charge in [-0.2, -0.15) is 5.10 Å². The molecule has 0 heterocycles. The van der Waals surface area contributed by atoms with Gasteiger partial charge < -0.3 is 14.2 Å². The van der Waals surface area contributed by atoms with Gasteiger partial charge in [-0.1, -0.05) is 49.7 Å². The second kappa shape index (κ2) is 12.0. The Morgan fingerprint density at radius 3 is 2.51 bits per heavy atom. The fourth-order valence-electron chi connectivity index (χ4n) is 3.12. The van der Waals surface area contributed by atoms with Gasteiger partial charge in [0.25, 0.3) is 5.91 Å². The van der Waals surface area contributed by atoms with Crippen molar-refractivity contribution in [2.75, 3.05) is 13.7 Å². The van der Waals surface area contributed by atoms with E-state index in [2.05, 4.69) is 30.4 Å². The highest BCUT2D eigenvalue weighted by Crippen LogP contribution is 2.29. The number of nitrogens with one attached hydrogen (secondary N) is 1. The summed E-state index contributed by atoms with van der Waals surface area (Å²) >= 11 is 6.06. The maximum atomic E-state index is 12.4. The number of hydrogen-bond donors (Lipinski definition) is 1. The lowest BCUT2D eigenvalue weighted by molar-refractivity contribution is -0.123. The summed E-state index contributed by atoms with van der Waals surface area (Å²) in [6, 6.07) is 17.5. The van der Waals surface area contributed by atoms with Gasteiger partial charge in [-0.3, -0.25) is 4.79 Å². The molecule has 0 saturated heterocycles. The topological polar surface area (TPSA) is 86.2 Å². The zero-order valence-electron chi connectivity index (χ0n) is 20.0. The lowest BCUT2D eigenvalue weighted by Crippen LogP contribution is -2.24. The molecular formula is C27H27ClN2O5. The number of aryl methyl sites for hydroxylation is 1. The summed E-state index contributed by atoms with van der Waals surface area (Å²) in [6.07, 6.45) is 1.45. The highest BCUT2D eigenvalue weighted by atomic mass is 35.5. The first-order chi connectivity index (χ1) is 16.8. The van der Waals surface area contributed by atoms with Crippen LogP contribution in [0.4, 0.5) is 0 Å². The average Bonchev–Trinajstić information content (AvgIpc) is 2.84. The average molecular weight is 495 g/mol. The molecule has 0 aliphatic rings. The number of carbonyl (C=O) groups excluding carboxylic acids is 2. The molecule has 0 saturated carbocycles. The molecule has 3 aromatic rings. The van der Waals surface area contributed by atoms with Crippen LogP contribution >= 0.6 is 11.6 Å². The third kappa shape index (κ3) is 7.07. The van der Waals surface area contributed by atoms with Crippen molar-refractivity contribution in [2.24, 2.45) is 5.10 Å². The molecule has 0 aromatic heterocycles. The lowest BCUT2D eigenvalue weighted by atomic mass is 10.0. The maximum Gasteiger partial charge on any atom is 0.345 e. The summed E-state index contributed by atoms with van der Waals surface area (Å²) in [6.45, 7) is 5.96. The summed E-state index contributed by atoms with van der Waals surface area (Å²) in [5, 5.41) is 4.26. The van der Waals surface area contributed by atoms with Gasteiger partial charge in [0.05, 0.1) is 23.9 Å². The maximum absolute atomic E-state index is 12.4. The molecule has 0 atom stereocenters. The number of ether oxygens (including phenoxy) is 3. The van der Waals surface area contributed by atoms with Crippen molar-refractivity contribution >= 4 is 29.7 Å². The van der Waals surface area contributed by atoms with Gasteiger partial charge in [-0.15, -0.1) is 0 Å². The first kappa shape index (κ1) is 25.8. The first-order valence-corrected chi connectivity index (χ1v) is 11.4. The van der Waals surface area contributed by atoms with Crippen LogP contribution in [-0.4, -0.2) is 31.8 Å². The third-order valence-electron chi connectivity index (χ3n) is 5.12. The van der Waals surface area contributed by atoms with Gasteiger partial charge >= 0.3 is 5.97 Å². The van der Waals surface area contributed by atoms with E-state index in [-0.39, 0.29) is 17.9 Å². The van der Waals surface area contributed by atoms with Crippen molar-refractivity contribution in [3.63, 3.8) is 0 Å². The molecule has 3 rings (SSSR count). The Morgan fingerprint density at radius 1 is 1.03 bits per heavy atom. The second-order valence-electron chi connectivity index (χ2n) is 8.04. The number of nitrogens with zero attached hydrogens (tertiary/aromatic N) is 1. The Morgan fingerprint density at radius 2 is 1.80 bits per heavy atom. The van der Waals surface area contributed by atoms with Gasteiger partial charge in [-0.05, 0) is 65.9 Å². The number of esters is 1. The van der Waals surface area contributed by atoms with E-state index in [1.165, 1.54) is 13.3 Å². The minimum atomic E-state index is -0.600. The zero-order chi connectivity index (χ0) is 25.4.